The Morgan fingerprint density at radius 2 is 1.43 bits per heavy atom. The molecular weight excluding hydrogens is 340 g/mol. The van der Waals surface area contributed by atoms with Gasteiger partial charge in [0.05, 0.1) is 0 Å². The Labute approximate surface area is 173 Å². The minimum absolute atomic E-state index is 0.645. The Bertz CT molecular complexity index is 607. The van der Waals surface area contributed by atoms with Gasteiger partial charge in [-0.1, -0.05) is 70.4 Å². The highest BCUT2D eigenvalue weighted by atomic mass is 14.9. The summed E-state index contributed by atoms with van der Waals surface area (Å²) >= 11 is 0. The van der Waals surface area contributed by atoms with Crippen molar-refractivity contribution in [2.45, 2.75) is 116 Å². The van der Waals surface area contributed by atoms with Crippen LogP contribution in [0.4, 0.5) is 11.4 Å². The van der Waals surface area contributed by atoms with Gasteiger partial charge in [-0.05, 0) is 68.7 Å². The molecule has 0 unspecified atom stereocenters. The Morgan fingerprint density at radius 3 is 2.04 bits per heavy atom. The summed E-state index contributed by atoms with van der Waals surface area (Å²) in [5.74, 6) is 0. The predicted octanol–water partition coefficient (Wildman–Crippen LogP) is 8.08. The fourth-order valence-corrected chi connectivity index (χ4v) is 4.80. The van der Waals surface area contributed by atoms with Gasteiger partial charge in [0.2, 0.25) is 0 Å². The third-order valence-electron chi connectivity index (χ3n) is 6.60. The number of allylic oxidation sites excluding steroid dienone is 1. The summed E-state index contributed by atoms with van der Waals surface area (Å²) in [4.78, 5) is 0. The van der Waals surface area contributed by atoms with Crippen LogP contribution < -0.4 is 10.6 Å². The quantitative estimate of drug-likeness (QED) is 0.422. The van der Waals surface area contributed by atoms with E-state index in [1.165, 1.54) is 112 Å². The van der Waals surface area contributed by atoms with Crippen LogP contribution in [0.5, 0.6) is 0 Å². The molecule has 2 aliphatic rings. The molecule has 0 radical (unpaired) electrons. The van der Waals surface area contributed by atoms with Crippen molar-refractivity contribution in [1.29, 1.82) is 0 Å². The first-order valence-electron chi connectivity index (χ1n) is 12.1. The summed E-state index contributed by atoms with van der Waals surface area (Å²) in [5, 5.41) is 7.79. The van der Waals surface area contributed by atoms with Crippen molar-refractivity contribution in [2.24, 2.45) is 0 Å². The Morgan fingerprint density at radius 1 is 0.821 bits per heavy atom. The highest BCUT2D eigenvalue weighted by Gasteiger charge is 2.17. The number of rotatable bonds is 9. The van der Waals surface area contributed by atoms with Gasteiger partial charge < -0.3 is 10.6 Å². The van der Waals surface area contributed by atoms with E-state index in [-0.39, 0.29) is 0 Å². The largest absolute Gasteiger partial charge is 0.382 e. The van der Waals surface area contributed by atoms with Crippen molar-refractivity contribution in [2.75, 3.05) is 10.6 Å². The Kier molecular flexibility index (Phi) is 8.76. The van der Waals surface area contributed by atoms with Gasteiger partial charge in [-0.15, -0.1) is 0 Å². The van der Waals surface area contributed by atoms with Gasteiger partial charge in [-0.3, -0.25) is 0 Å². The zero-order valence-electron chi connectivity index (χ0n) is 18.4. The minimum atomic E-state index is 0.645. The highest BCUT2D eigenvalue weighted by Crippen LogP contribution is 2.31. The molecule has 2 heteroatoms. The summed E-state index contributed by atoms with van der Waals surface area (Å²) in [6.07, 6.45) is 23.5. The molecule has 2 aliphatic carbocycles. The molecule has 2 fully saturated rings. The van der Waals surface area contributed by atoms with E-state index in [0.717, 1.165) is 0 Å². The van der Waals surface area contributed by atoms with E-state index < -0.39 is 0 Å². The van der Waals surface area contributed by atoms with Gasteiger partial charge >= 0.3 is 0 Å². The molecule has 0 heterocycles. The molecule has 2 saturated carbocycles. The summed E-state index contributed by atoms with van der Waals surface area (Å²) < 4.78 is 0. The zero-order valence-corrected chi connectivity index (χ0v) is 18.4. The maximum absolute atomic E-state index is 3.92. The molecule has 0 saturated heterocycles. The van der Waals surface area contributed by atoms with Crippen molar-refractivity contribution in [3.8, 4) is 0 Å². The first kappa shape index (κ1) is 21.3. The molecule has 1 aromatic carbocycles. The molecule has 0 spiro atoms. The molecule has 2 nitrogen and oxygen atoms in total. The molecule has 156 valence electrons. The van der Waals surface area contributed by atoms with E-state index in [1.54, 1.807) is 0 Å². The van der Waals surface area contributed by atoms with Gasteiger partial charge in [0.1, 0.15) is 0 Å². The molecule has 1 aromatic rings. The number of unbranched alkanes of at least 4 members (excludes halogenated alkanes) is 3. The summed E-state index contributed by atoms with van der Waals surface area (Å²) in [6.45, 7) is 4.54. The predicted molar refractivity (Wildman–Crippen MR) is 125 cm³/mol. The van der Waals surface area contributed by atoms with Crippen LogP contribution in [-0.2, 0) is 0 Å². The summed E-state index contributed by atoms with van der Waals surface area (Å²) in [5.41, 5.74) is 5.43. The standard InChI is InChI=1S/C26H42N2/c1-3-4-5-6-9-14-22-19-21(2)25(27-23-15-10-7-11-16-23)20-26(22)28-24-17-12-8-13-18-24/h9,14,19-20,23-24,27-28H,3-8,10-13,15-18H2,1-2H3. The van der Waals surface area contributed by atoms with Gasteiger partial charge in [0, 0.05) is 23.5 Å². The van der Waals surface area contributed by atoms with E-state index in [1.807, 2.05) is 0 Å². The first-order valence-corrected chi connectivity index (χ1v) is 12.1. The number of aryl methyl sites for hydroxylation is 1. The van der Waals surface area contributed by atoms with Crippen LogP contribution >= 0.6 is 0 Å². The first-order chi connectivity index (χ1) is 13.8. The van der Waals surface area contributed by atoms with Crippen molar-refractivity contribution in [3.63, 3.8) is 0 Å². The van der Waals surface area contributed by atoms with Crippen molar-refractivity contribution in [3.05, 3.63) is 29.3 Å². The van der Waals surface area contributed by atoms with Crippen LogP contribution in [0.3, 0.4) is 0 Å². The van der Waals surface area contributed by atoms with Crippen LogP contribution in [0.15, 0.2) is 18.2 Å². The van der Waals surface area contributed by atoms with Gasteiger partial charge in [0.25, 0.3) is 0 Å². The summed E-state index contributed by atoms with van der Waals surface area (Å²) in [7, 11) is 0. The van der Waals surface area contributed by atoms with Crippen LogP contribution in [0.2, 0.25) is 0 Å². The van der Waals surface area contributed by atoms with Crippen LogP contribution in [0.1, 0.15) is 108 Å². The Balaban J connectivity index is 1.74. The molecule has 28 heavy (non-hydrogen) atoms. The molecule has 0 aliphatic heterocycles. The molecule has 3 rings (SSSR count). The van der Waals surface area contributed by atoms with E-state index in [0.29, 0.717) is 12.1 Å². The average molecular weight is 383 g/mol. The second-order valence-corrected chi connectivity index (χ2v) is 9.11. The Hall–Kier alpha value is -1.44. The van der Waals surface area contributed by atoms with E-state index >= 15 is 0 Å². The smallest absolute Gasteiger partial charge is 0.0436 e. The van der Waals surface area contributed by atoms with E-state index in [4.69, 9.17) is 0 Å². The number of hydrogen-bond acceptors (Lipinski definition) is 2. The fraction of sp³-hybridized carbons (Fsp3) is 0.692. The second-order valence-electron chi connectivity index (χ2n) is 9.11. The van der Waals surface area contributed by atoms with Crippen LogP contribution in [0.25, 0.3) is 6.08 Å². The maximum Gasteiger partial charge on any atom is 0.0436 e. The van der Waals surface area contributed by atoms with Crippen LogP contribution in [-0.4, -0.2) is 12.1 Å². The van der Waals surface area contributed by atoms with Gasteiger partial charge in [-0.2, -0.15) is 0 Å². The molecule has 0 bridgehead atoms. The second kappa shape index (κ2) is 11.5. The molecule has 0 amide bonds. The zero-order chi connectivity index (χ0) is 19.6. The van der Waals surface area contributed by atoms with E-state index in [2.05, 4.69) is 48.8 Å². The van der Waals surface area contributed by atoms with Gasteiger partial charge in [-0.25, -0.2) is 0 Å². The highest BCUT2D eigenvalue weighted by molar-refractivity contribution is 5.74. The number of hydrogen-bond donors (Lipinski definition) is 2. The maximum atomic E-state index is 3.92. The normalized spacial score (nSPS) is 19.2. The lowest BCUT2D eigenvalue weighted by Gasteiger charge is -2.28. The van der Waals surface area contributed by atoms with E-state index in [9.17, 15) is 0 Å². The third kappa shape index (κ3) is 6.57. The third-order valence-corrected chi connectivity index (χ3v) is 6.60. The van der Waals surface area contributed by atoms with Crippen molar-refractivity contribution < 1.29 is 0 Å². The lowest BCUT2D eigenvalue weighted by atomic mass is 9.94. The summed E-state index contributed by atoms with van der Waals surface area (Å²) in [6, 6.07) is 6.10. The van der Waals surface area contributed by atoms with Crippen molar-refractivity contribution in [1.82, 2.24) is 0 Å². The minimum Gasteiger partial charge on any atom is -0.382 e. The van der Waals surface area contributed by atoms with Crippen molar-refractivity contribution >= 4 is 17.5 Å². The SMILES string of the molecule is CCCCCC=Cc1cc(C)c(NC2CCCCC2)cc1NC1CCCCC1. The lowest BCUT2D eigenvalue weighted by Crippen LogP contribution is -2.24. The lowest BCUT2D eigenvalue weighted by molar-refractivity contribution is 0.461. The number of anilines is 2. The van der Waals surface area contributed by atoms with Crippen LogP contribution in [0, 0.1) is 6.92 Å². The average Bonchev–Trinajstić information content (AvgIpc) is 2.72. The number of nitrogens with one attached hydrogen (secondary N) is 2. The monoisotopic (exact) mass is 382 g/mol. The fourth-order valence-electron chi connectivity index (χ4n) is 4.80. The van der Waals surface area contributed by atoms with Gasteiger partial charge in [0.15, 0.2) is 0 Å². The molecule has 0 aromatic heterocycles. The molecular formula is C26H42N2. The topological polar surface area (TPSA) is 24.1 Å². The number of benzene rings is 1. The molecule has 0 atom stereocenters. The molecule has 2 N–H and O–H groups in total.